The van der Waals surface area contributed by atoms with Crippen molar-refractivity contribution >= 4 is 23.8 Å². The van der Waals surface area contributed by atoms with Crippen molar-refractivity contribution in [2.75, 3.05) is 19.8 Å². The summed E-state index contributed by atoms with van der Waals surface area (Å²) in [5, 5.41) is 11.7. The highest BCUT2D eigenvalue weighted by Crippen LogP contribution is 2.20. The molecule has 0 aromatic carbocycles. The van der Waals surface area contributed by atoms with Crippen molar-refractivity contribution in [2.24, 2.45) is 0 Å². The number of hydrogen-bond donors (Lipinski definition) is 2. The van der Waals surface area contributed by atoms with E-state index in [2.05, 4.69) is 5.32 Å². The molecule has 0 fully saturated rings. The smallest absolute Gasteiger partial charge is 0.329 e. The number of nitrogens with one attached hydrogen (secondary N) is 1. The summed E-state index contributed by atoms with van der Waals surface area (Å²) in [6.07, 6.45) is 1.97. The summed E-state index contributed by atoms with van der Waals surface area (Å²) >= 11 is 1.65. The van der Waals surface area contributed by atoms with Crippen LogP contribution in [-0.4, -0.2) is 52.1 Å². The fourth-order valence-electron chi connectivity index (χ4n) is 0.877. The first-order valence-electron chi connectivity index (χ1n) is 5.35. The molecule has 0 saturated heterocycles. The quantitative estimate of drug-likeness (QED) is 0.790. The summed E-state index contributed by atoms with van der Waals surface area (Å²) < 4.78 is -0.0656. The summed E-state index contributed by atoms with van der Waals surface area (Å²) in [6, 6.07) is -0.375. The molecule has 0 rings (SSSR count). The minimum Gasteiger partial charge on any atom is -0.480 e. The van der Waals surface area contributed by atoms with Gasteiger partial charge in [0, 0.05) is 18.3 Å². The predicted molar refractivity (Wildman–Crippen MR) is 70.5 cm³/mol. The normalized spacial score (nSPS) is 12.1. The first-order chi connectivity index (χ1) is 7.54. The number of rotatable bonds is 5. The molecule has 0 radical (unpaired) electrons. The zero-order valence-electron chi connectivity index (χ0n) is 11.3. The second-order valence-electron chi connectivity index (χ2n) is 5.05. The summed E-state index contributed by atoms with van der Waals surface area (Å²) in [4.78, 5) is 24.0. The first-order valence-corrected chi connectivity index (χ1v) is 6.57. The Morgan fingerprint density at radius 3 is 2.12 bits per heavy atom. The molecule has 2 N–H and O–H groups in total. The predicted octanol–water partition coefficient (Wildman–Crippen LogP) is 1.63. The molecular weight excluding hydrogens is 240 g/mol. The molecule has 100 valence electrons. The molecule has 0 aliphatic carbocycles. The van der Waals surface area contributed by atoms with Crippen LogP contribution in [0.3, 0.4) is 0 Å². The molecule has 5 nitrogen and oxygen atoms in total. The fraction of sp³-hybridized carbons (Fsp3) is 0.818. The number of hydrogen-bond acceptors (Lipinski definition) is 3. The van der Waals surface area contributed by atoms with Gasteiger partial charge in [0.15, 0.2) is 0 Å². The van der Waals surface area contributed by atoms with Gasteiger partial charge in [0.05, 0.1) is 0 Å². The van der Waals surface area contributed by atoms with E-state index in [9.17, 15) is 9.59 Å². The fourth-order valence-corrected chi connectivity index (χ4v) is 1.09. The van der Waals surface area contributed by atoms with Crippen LogP contribution in [0.1, 0.15) is 27.7 Å². The van der Waals surface area contributed by atoms with Crippen molar-refractivity contribution in [2.45, 2.75) is 38.0 Å². The van der Waals surface area contributed by atoms with Gasteiger partial charge in [-0.15, -0.1) is 0 Å². The highest BCUT2D eigenvalue weighted by molar-refractivity contribution is 7.99. The lowest BCUT2D eigenvalue weighted by molar-refractivity contribution is -0.146. The third kappa shape index (κ3) is 4.46. The van der Waals surface area contributed by atoms with Crippen LogP contribution in [0.5, 0.6) is 0 Å². The van der Waals surface area contributed by atoms with Crippen molar-refractivity contribution in [1.82, 2.24) is 10.2 Å². The van der Waals surface area contributed by atoms with Crippen LogP contribution in [-0.2, 0) is 4.79 Å². The molecule has 0 unspecified atom stereocenters. The third-order valence-corrected chi connectivity index (χ3v) is 4.13. The Morgan fingerprint density at radius 1 is 1.29 bits per heavy atom. The third-order valence-electron chi connectivity index (χ3n) is 2.88. The molecular formula is C11H22N2O3S. The van der Waals surface area contributed by atoms with Gasteiger partial charge in [-0.05, 0) is 34.0 Å². The monoisotopic (exact) mass is 262 g/mol. The van der Waals surface area contributed by atoms with Crippen LogP contribution >= 0.6 is 11.8 Å². The van der Waals surface area contributed by atoms with Gasteiger partial charge >= 0.3 is 12.0 Å². The Bertz CT molecular complexity index is 303. The number of amides is 2. The molecule has 17 heavy (non-hydrogen) atoms. The van der Waals surface area contributed by atoms with Crippen LogP contribution in [0.25, 0.3) is 0 Å². The van der Waals surface area contributed by atoms with Gasteiger partial charge in [0.25, 0.3) is 0 Å². The number of thioether (sulfide) groups is 1. The zero-order chi connectivity index (χ0) is 13.9. The molecule has 0 aliphatic rings. The van der Waals surface area contributed by atoms with Gasteiger partial charge in [-0.1, -0.05) is 0 Å². The largest absolute Gasteiger partial charge is 0.480 e. The number of urea groups is 1. The summed E-state index contributed by atoms with van der Waals surface area (Å²) in [7, 11) is 1.48. The van der Waals surface area contributed by atoms with Gasteiger partial charge in [-0.3, -0.25) is 0 Å². The zero-order valence-corrected chi connectivity index (χ0v) is 12.1. The van der Waals surface area contributed by atoms with Crippen molar-refractivity contribution < 1.29 is 14.7 Å². The average Bonchev–Trinajstić information content (AvgIpc) is 2.24. The van der Waals surface area contributed by atoms with E-state index in [1.165, 1.54) is 25.8 Å². The van der Waals surface area contributed by atoms with E-state index in [0.717, 1.165) is 0 Å². The van der Waals surface area contributed by atoms with Gasteiger partial charge in [-0.25, -0.2) is 9.59 Å². The highest BCUT2D eigenvalue weighted by Gasteiger charge is 2.35. The molecule has 0 bridgehead atoms. The van der Waals surface area contributed by atoms with Gasteiger partial charge in [0.2, 0.25) is 0 Å². The number of carbonyl (C=O) groups is 2. The number of carbonyl (C=O) groups excluding carboxylic acids is 1. The topological polar surface area (TPSA) is 69.6 Å². The first kappa shape index (κ1) is 16.1. The number of carboxylic acids is 1. The van der Waals surface area contributed by atoms with E-state index in [-0.39, 0.29) is 10.8 Å². The molecule has 0 aromatic rings. The minimum absolute atomic E-state index is 0.0656. The Hall–Kier alpha value is -0.910. The molecule has 0 saturated carbocycles. The second-order valence-corrected chi connectivity index (χ2v) is 6.56. The number of nitrogens with zero attached hydrogens (tertiary/aromatic N) is 1. The standard InChI is InChI=1S/C11H22N2O3S/c1-10(2,17-6)7-12-9(16)13(5)11(3,4)8(14)15/h7H2,1-6H3,(H,12,16)(H,14,15). The van der Waals surface area contributed by atoms with Gasteiger partial charge < -0.3 is 15.3 Å². The maximum absolute atomic E-state index is 11.8. The van der Waals surface area contributed by atoms with Crippen molar-refractivity contribution in [1.29, 1.82) is 0 Å². The van der Waals surface area contributed by atoms with E-state index in [1.54, 1.807) is 11.8 Å². The maximum Gasteiger partial charge on any atom is 0.329 e. The SMILES string of the molecule is CSC(C)(C)CNC(=O)N(C)C(C)(C)C(=O)O. The number of likely N-dealkylation sites (N-methyl/N-ethyl adjacent to an activating group) is 1. The number of carboxylic acid groups (broad SMARTS) is 1. The number of aliphatic carboxylic acids is 1. The Morgan fingerprint density at radius 2 is 1.76 bits per heavy atom. The molecule has 0 aliphatic heterocycles. The lowest BCUT2D eigenvalue weighted by Gasteiger charge is -2.32. The Balaban J connectivity index is 4.49. The van der Waals surface area contributed by atoms with Crippen LogP contribution in [0.15, 0.2) is 0 Å². The summed E-state index contributed by atoms with van der Waals surface area (Å²) in [6.45, 7) is 7.51. The molecule has 2 amide bonds. The van der Waals surface area contributed by atoms with Crippen molar-refractivity contribution in [3.63, 3.8) is 0 Å². The van der Waals surface area contributed by atoms with Gasteiger partial charge in [-0.2, -0.15) is 11.8 Å². The Labute approximate surface area is 107 Å². The Kier molecular flexibility index (Phi) is 5.32. The lowest BCUT2D eigenvalue weighted by atomic mass is 10.0. The summed E-state index contributed by atoms with van der Waals surface area (Å²) in [5.74, 6) is -1.03. The van der Waals surface area contributed by atoms with Crippen LogP contribution in [0.4, 0.5) is 4.79 Å². The molecule has 0 spiro atoms. The minimum atomic E-state index is -1.21. The molecule has 0 aromatic heterocycles. The molecule has 0 heterocycles. The highest BCUT2D eigenvalue weighted by atomic mass is 32.2. The van der Waals surface area contributed by atoms with E-state index >= 15 is 0 Å². The van der Waals surface area contributed by atoms with Crippen molar-refractivity contribution in [3.8, 4) is 0 Å². The average molecular weight is 262 g/mol. The van der Waals surface area contributed by atoms with Crippen LogP contribution < -0.4 is 5.32 Å². The molecule has 6 heteroatoms. The van der Waals surface area contributed by atoms with Gasteiger partial charge in [0.1, 0.15) is 5.54 Å². The van der Waals surface area contributed by atoms with E-state index < -0.39 is 11.5 Å². The van der Waals surface area contributed by atoms with E-state index in [4.69, 9.17) is 5.11 Å². The maximum atomic E-state index is 11.8. The van der Waals surface area contributed by atoms with Crippen LogP contribution in [0, 0.1) is 0 Å². The van der Waals surface area contributed by atoms with E-state index in [0.29, 0.717) is 6.54 Å². The summed E-state index contributed by atoms with van der Waals surface area (Å²) in [5.41, 5.74) is -1.21. The van der Waals surface area contributed by atoms with Crippen LogP contribution in [0.2, 0.25) is 0 Å². The second kappa shape index (κ2) is 5.62. The lowest BCUT2D eigenvalue weighted by Crippen LogP contribution is -2.55. The van der Waals surface area contributed by atoms with Crippen molar-refractivity contribution in [3.05, 3.63) is 0 Å². The van der Waals surface area contributed by atoms with E-state index in [1.807, 2.05) is 20.1 Å². The molecule has 0 atom stereocenters.